The van der Waals surface area contributed by atoms with Gasteiger partial charge < -0.3 is 13.9 Å². The van der Waals surface area contributed by atoms with Gasteiger partial charge in [-0.05, 0) is 82.6 Å². The third-order valence-corrected chi connectivity index (χ3v) is 9.76. The van der Waals surface area contributed by atoms with Gasteiger partial charge in [-0.3, -0.25) is 0 Å². The van der Waals surface area contributed by atoms with Crippen molar-refractivity contribution in [2.24, 2.45) is 0 Å². The first-order valence-electron chi connectivity index (χ1n) is 16.7. The first-order valence-corrected chi connectivity index (χ1v) is 16.7. The lowest BCUT2D eigenvalue weighted by Crippen LogP contribution is -2.11. The molecule has 0 amide bonds. The number of aromatic nitrogens is 1. The smallest absolute Gasteiger partial charge is 0.136 e. The largest absolute Gasteiger partial charge is 0.456 e. The van der Waals surface area contributed by atoms with Gasteiger partial charge in [-0.2, -0.15) is 0 Å². The molecule has 0 spiro atoms. The zero-order valence-corrected chi connectivity index (χ0v) is 26.6. The summed E-state index contributed by atoms with van der Waals surface area (Å²) in [7, 11) is 0. The molecular weight excluding hydrogens is 597 g/mol. The van der Waals surface area contributed by atoms with Crippen LogP contribution in [-0.2, 0) is 0 Å². The van der Waals surface area contributed by atoms with E-state index >= 15 is 0 Å². The third-order valence-electron chi connectivity index (χ3n) is 9.76. The molecule has 0 fully saturated rings. The van der Waals surface area contributed by atoms with Crippen molar-refractivity contribution in [3.05, 3.63) is 182 Å². The molecule has 10 aromatic rings. The van der Waals surface area contributed by atoms with Crippen molar-refractivity contribution in [3.8, 4) is 16.8 Å². The maximum absolute atomic E-state index is 6.40. The molecule has 0 N–H and O–H groups in total. The second kappa shape index (κ2) is 11.0. The lowest BCUT2D eigenvalue weighted by molar-refractivity contribution is 0.669. The molecule has 0 saturated carbocycles. The maximum Gasteiger partial charge on any atom is 0.136 e. The Hall–Kier alpha value is -6.58. The van der Waals surface area contributed by atoms with Crippen molar-refractivity contribution in [1.82, 2.24) is 4.57 Å². The molecule has 230 valence electrons. The summed E-state index contributed by atoms with van der Waals surface area (Å²) >= 11 is 0. The van der Waals surface area contributed by atoms with Crippen LogP contribution in [0.2, 0.25) is 0 Å². The fourth-order valence-corrected chi connectivity index (χ4v) is 7.65. The number of hydrogen-bond acceptors (Lipinski definition) is 2. The van der Waals surface area contributed by atoms with Crippen LogP contribution in [0.15, 0.2) is 186 Å². The van der Waals surface area contributed by atoms with Gasteiger partial charge in [0, 0.05) is 38.6 Å². The van der Waals surface area contributed by atoms with Crippen molar-refractivity contribution >= 4 is 71.6 Å². The van der Waals surface area contributed by atoms with Crippen molar-refractivity contribution in [2.45, 2.75) is 0 Å². The highest BCUT2D eigenvalue weighted by molar-refractivity contribution is 6.22. The van der Waals surface area contributed by atoms with Crippen LogP contribution in [0.25, 0.3) is 71.3 Å². The minimum Gasteiger partial charge on any atom is -0.456 e. The number of furan rings is 1. The van der Waals surface area contributed by atoms with Crippen LogP contribution in [0.4, 0.5) is 17.1 Å². The highest BCUT2D eigenvalue weighted by Crippen LogP contribution is 2.45. The van der Waals surface area contributed by atoms with Gasteiger partial charge in [0.15, 0.2) is 0 Å². The minimum absolute atomic E-state index is 0.908. The predicted molar refractivity (Wildman–Crippen MR) is 206 cm³/mol. The Kier molecular flexibility index (Phi) is 6.18. The molecule has 0 aliphatic rings. The van der Waals surface area contributed by atoms with E-state index in [2.05, 4.69) is 185 Å². The van der Waals surface area contributed by atoms with Crippen LogP contribution < -0.4 is 4.90 Å². The zero-order chi connectivity index (χ0) is 32.3. The third kappa shape index (κ3) is 4.29. The van der Waals surface area contributed by atoms with Crippen molar-refractivity contribution in [1.29, 1.82) is 0 Å². The molecule has 0 saturated heterocycles. The average Bonchev–Trinajstić information content (AvgIpc) is 3.72. The summed E-state index contributed by atoms with van der Waals surface area (Å²) in [6.07, 6.45) is 0. The van der Waals surface area contributed by atoms with Gasteiger partial charge in [0.25, 0.3) is 0 Å². The maximum atomic E-state index is 6.40. The Morgan fingerprint density at radius 2 is 1.04 bits per heavy atom. The molecule has 0 aliphatic carbocycles. The van der Waals surface area contributed by atoms with Crippen LogP contribution in [0.5, 0.6) is 0 Å². The fourth-order valence-electron chi connectivity index (χ4n) is 7.65. The molecule has 0 bridgehead atoms. The van der Waals surface area contributed by atoms with Gasteiger partial charge in [0.1, 0.15) is 11.2 Å². The quantitative estimate of drug-likeness (QED) is 0.190. The van der Waals surface area contributed by atoms with Crippen LogP contribution >= 0.6 is 0 Å². The number of anilines is 3. The first kappa shape index (κ1) is 27.5. The Balaban J connectivity index is 1.19. The molecule has 3 nitrogen and oxygen atoms in total. The lowest BCUT2D eigenvalue weighted by Gasteiger charge is -2.27. The van der Waals surface area contributed by atoms with E-state index in [1.165, 1.54) is 38.0 Å². The lowest BCUT2D eigenvalue weighted by atomic mass is 9.94. The molecule has 49 heavy (non-hydrogen) atoms. The van der Waals surface area contributed by atoms with Gasteiger partial charge in [0.2, 0.25) is 0 Å². The minimum atomic E-state index is 0.908. The van der Waals surface area contributed by atoms with E-state index in [-0.39, 0.29) is 0 Å². The predicted octanol–water partition coefficient (Wildman–Crippen LogP) is 13.0. The second-order valence-electron chi connectivity index (χ2n) is 12.5. The molecule has 2 aromatic heterocycles. The van der Waals surface area contributed by atoms with E-state index in [1.807, 2.05) is 6.07 Å². The summed E-state index contributed by atoms with van der Waals surface area (Å²) in [5.74, 6) is 0. The highest BCUT2D eigenvalue weighted by atomic mass is 16.3. The summed E-state index contributed by atoms with van der Waals surface area (Å²) in [6.45, 7) is 0. The molecule has 0 aliphatic heterocycles. The van der Waals surface area contributed by atoms with E-state index < -0.39 is 0 Å². The summed E-state index contributed by atoms with van der Waals surface area (Å²) in [6, 6.07) is 64.9. The topological polar surface area (TPSA) is 21.3 Å². The number of para-hydroxylation sites is 5. The van der Waals surface area contributed by atoms with Crippen molar-refractivity contribution in [3.63, 3.8) is 0 Å². The van der Waals surface area contributed by atoms with Crippen LogP contribution in [0.3, 0.4) is 0 Å². The van der Waals surface area contributed by atoms with Crippen LogP contribution in [0.1, 0.15) is 0 Å². The summed E-state index contributed by atoms with van der Waals surface area (Å²) in [5.41, 5.74) is 10.9. The molecule has 0 radical (unpaired) electrons. The summed E-state index contributed by atoms with van der Waals surface area (Å²) in [4.78, 5) is 2.38. The van der Waals surface area contributed by atoms with E-state index in [0.717, 1.165) is 50.4 Å². The normalized spacial score (nSPS) is 11.7. The van der Waals surface area contributed by atoms with Crippen LogP contribution in [-0.4, -0.2) is 4.57 Å². The molecular formula is C46H30N2O. The van der Waals surface area contributed by atoms with Gasteiger partial charge in [-0.15, -0.1) is 0 Å². The molecule has 2 heterocycles. The standard InChI is InChI=1S/C46H30N2O/c1-3-14-32(15-4-1)47(42-24-13-22-38-36-19-9-11-23-41(36)48(46(38)42)33-16-5-2-6-17-33)34-28-26-31(27-29-34)40-30-44-45(37-20-8-7-18-35(37)40)39-21-10-12-25-43(39)49-44/h1-30H. The van der Waals surface area contributed by atoms with Gasteiger partial charge in [0.05, 0.1) is 16.7 Å². The number of hydrogen-bond donors (Lipinski definition) is 0. The first-order chi connectivity index (χ1) is 24.3. The van der Waals surface area contributed by atoms with E-state index in [9.17, 15) is 0 Å². The Labute approximate surface area is 283 Å². The van der Waals surface area contributed by atoms with E-state index in [1.54, 1.807) is 0 Å². The molecule has 3 heteroatoms. The van der Waals surface area contributed by atoms with Crippen LogP contribution in [0, 0.1) is 0 Å². The monoisotopic (exact) mass is 626 g/mol. The zero-order valence-electron chi connectivity index (χ0n) is 26.6. The Morgan fingerprint density at radius 1 is 0.429 bits per heavy atom. The van der Waals surface area contributed by atoms with Gasteiger partial charge >= 0.3 is 0 Å². The SMILES string of the molecule is c1ccc(N(c2ccc(-c3cc4oc5ccccc5c4c4ccccc34)cc2)c2cccc3c4ccccc4n(-c4ccccc4)c23)cc1. The average molecular weight is 627 g/mol. The Bertz CT molecular complexity index is 2810. The van der Waals surface area contributed by atoms with E-state index in [0.29, 0.717) is 0 Å². The number of benzene rings is 8. The van der Waals surface area contributed by atoms with Gasteiger partial charge in [-0.25, -0.2) is 0 Å². The molecule has 0 unspecified atom stereocenters. The molecule has 10 rings (SSSR count). The van der Waals surface area contributed by atoms with E-state index in [4.69, 9.17) is 4.42 Å². The number of nitrogens with zero attached hydrogens (tertiary/aromatic N) is 2. The highest BCUT2D eigenvalue weighted by Gasteiger charge is 2.22. The fraction of sp³-hybridized carbons (Fsp3) is 0. The summed E-state index contributed by atoms with van der Waals surface area (Å²) in [5, 5.41) is 7.20. The molecule has 0 atom stereocenters. The summed E-state index contributed by atoms with van der Waals surface area (Å²) < 4.78 is 8.81. The number of rotatable bonds is 5. The van der Waals surface area contributed by atoms with Gasteiger partial charge in [-0.1, -0.05) is 121 Å². The van der Waals surface area contributed by atoms with Crippen molar-refractivity contribution < 1.29 is 4.42 Å². The van der Waals surface area contributed by atoms with Crippen molar-refractivity contribution in [2.75, 3.05) is 4.90 Å². The molecule has 8 aromatic carbocycles. The Morgan fingerprint density at radius 3 is 1.84 bits per heavy atom. The number of fused-ring (bicyclic) bond motifs is 8. The second-order valence-corrected chi connectivity index (χ2v) is 12.5.